The molecule has 1 aliphatic rings. The number of carbonyl (C=O) groups is 2. The van der Waals surface area contributed by atoms with Gasteiger partial charge in [-0.2, -0.15) is 0 Å². The summed E-state index contributed by atoms with van der Waals surface area (Å²) >= 11 is 5.60. The molecular formula is C13H21ClN2O2. The lowest BCUT2D eigenvalue weighted by molar-refractivity contribution is -0.119. The van der Waals surface area contributed by atoms with Crippen molar-refractivity contribution >= 4 is 23.5 Å². The van der Waals surface area contributed by atoms with Gasteiger partial charge >= 0.3 is 6.03 Å². The molecule has 4 nitrogen and oxygen atoms in total. The molecule has 0 aromatic rings. The van der Waals surface area contributed by atoms with Crippen molar-refractivity contribution in [3.63, 3.8) is 0 Å². The average molecular weight is 273 g/mol. The summed E-state index contributed by atoms with van der Waals surface area (Å²) in [6.07, 6.45) is 2.92. The summed E-state index contributed by atoms with van der Waals surface area (Å²) in [7, 11) is 0. The molecule has 1 rings (SSSR count). The highest BCUT2D eigenvalue weighted by molar-refractivity contribution is 6.31. The molecule has 0 radical (unpaired) electrons. The van der Waals surface area contributed by atoms with Crippen LogP contribution >= 0.6 is 11.6 Å². The van der Waals surface area contributed by atoms with Gasteiger partial charge in [-0.1, -0.05) is 32.4 Å². The fourth-order valence-corrected chi connectivity index (χ4v) is 1.87. The van der Waals surface area contributed by atoms with Gasteiger partial charge in [-0.15, -0.1) is 11.6 Å². The monoisotopic (exact) mass is 272 g/mol. The van der Waals surface area contributed by atoms with E-state index in [1.54, 1.807) is 4.90 Å². The molecule has 1 unspecified atom stereocenters. The first-order valence-electron chi connectivity index (χ1n) is 6.15. The zero-order chi connectivity index (χ0) is 13.9. The lowest BCUT2D eigenvalue weighted by atomic mass is 9.83. The maximum Gasteiger partial charge on any atom is 0.324 e. The minimum absolute atomic E-state index is 0.142. The van der Waals surface area contributed by atoms with Crippen molar-refractivity contribution in [2.45, 2.75) is 39.5 Å². The molecule has 1 heterocycles. The Hall–Kier alpha value is -1.03. The third-order valence-corrected chi connectivity index (χ3v) is 3.25. The molecule has 3 amide bonds. The smallest absolute Gasteiger partial charge is 0.320 e. The van der Waals surface area contributed by atoms with Crippen LogP contribution < -0.4 is 5.32 Å². The van der Waals surface area contributed by atoms with Crippen LogP contribution in [0.4, 0.5) is 4.79 Å². The Morgan fingerprint density at radius 3 is 2.44 bits per heavy atom. The van der Waals surface area contributed by atoms with E-state index in [1.165, 1.54) is 12.5 Å². The summed E-state index contributed by atoms with van der Waals surface area (Å²) in [6.45, 7) is 9.20. The molecule has 0 aromatic heterocycles. The Labute approximate surface area is 113 Å². The summed E-state index contributed by atoms with van der Waals surface area (Å²) in [5.41, 5.74) is 1.49. The molecule has 0 aromatic carbocycles. The van der Waals surface area contributed by atoms with Crippen LogP contribution in [0.1, 0.15) is 34.1 Å². The molecule has 1 atom stereocenters. The van der Waals surface area contributed by atoms with Crippen LogP contribution in [0.15, 0.2) is 11.6 Å². The molecular weight excluding hydrogens is 252 g/mol. The number of urea groups is 1. The molecule has 18 heavy (non-hydrogen) atoms. The van der Waals surface area contributed by atoms with Gasteiger partial charge in [0.15, 0.2) is 0 Å². The normalized spacial score (nSPS) is 18.1. The Bertz CT molecular complexity index is 370. The van der Waals surface area contributed by atoms with Gasteiger partial charge < -0.3 is 4.90 Å². The first kappa shape index (κ1) is 15.0. The van der Waals surface area contributed by atoms with Crippen LogP contribution in [0.2, 0.25) is 0 Å². The maximum atomic E-state index is 11.8. The van der Waals surface area contributed by atoms with Gasteiger partial charge in [0.2, 0.25) is 5.91 Å². The van der Waals surface area contributed by atoms with E-state index < -0.39 is 11.3 Å². The van der Waals surface area contributed by atoms with Crippen LogP contribution in [-0.2, 0) is 4.79 Å². The van der Waals surface area contributed by atoms with E-state index >= 15 is 0 Å². The summed E-state index contributed by atoms with van der Waals surface area (Å²) in [5.74, 6) is -0.452. The third-order valence-electron chi connectivity index (χ3n) is 3.05. The fourth-order valence-electron chi connectivity index (χ4n) is 1.82. The van der Waals surface area contributed by atoms with E-state index in [0.717, 1.165) is 6.42 Å². The lowest BCUT2D eigenvalue weighted by Gasteiger charge is -2.32. The fraction of sp³-hybridized carbons (Fsp3) is 0.692. The minimum atomic E-state index is -0.695. The van der Waals surface area contributed by atoms with E-state index in [0.29, 0.717) is 13.1 Å². The zero-order valence-corrected chi connectivity index (χ0v) is 12.2. The van der Waals surface area contributed by atoms with Crippen molar-refractivity contribution in [2.24, 2.45) is 5.41 Å². The number of amides is 3. The second-order valence-electron chi connectivity index (χ2n) is 5.59. The number of rotatable bonds is 1. The SMILES string of the molecule is CC(Cl)C(=O)NC(=O)N1CC=C(C(C)(C)C)CC1. The van der Waals surface area contributed by atoms with E-state index in [9.17, 15) is 9.59 Å². The Balaban J connectivity index is 2.55. The Kier molecular flexibility index (Phi) is 4.79. The van der Waals surface area contributed by atoms with Crippen molar-refractivity contribution < 1.29 is 9.59 Å². The molecule has 1 aliphatic heterocycles. The number of imide groups is 1. The van der Waals surface area contributed by atoms with Gasteiger partial charge in [0.25, 0.3) is 0 Å². The summed E-state index contributed by atoms with van der Waals surface area (Å²) in [6, 6.07) is -0.364. The quantitative estimate of drug-likeness (QED) is 0.589. The van der Waals surface area contributed by atoms with E-state index in [-0.39, 0.29) is 11.4 Å². The standard InChI is InChI=1S/C13H21ClN2O2/c1-9(14)11(17)15-12(18)16-7-5-10(6-8-16)13(2,3)4/h5,9H,6-8H2,1-4H3,(H,15,17,18). The minimum Gasteiger partial charge on any atom is -0.320 e. The van der Waals surface area contributed by atoms with Crippen LogP contribution in [0, 0.1) is 5.41 Å². The van der Waals surface area contributed by atoms with Crippen molar-refractivity contribution in [2.75, 3.05) is 13.1 Å². The first-order valence-corrected chi connectivity index (χ1v) is 6.59. The van der Waals surface area contributed by atoms with Crippen LogP contribution in [0.3, 0.4) is 0 Å². The summed E-state index contributed by atoms with van der Waals surface area (Å²) < 4.78 is 0. The molecule has 5 heteroatoms. The third kappa shape index (κ3) is 4.02. The van der Waals surface area contributed by atoms with E-state index in [1.807, 2.05) is 0 Å². The molecule has 0 spiro atoms. The number of hydrogen-bond donors (Lipinski definition) is 1. The topological polar surface area (TPSA) is 49.4 Å². The first-order chi connectivity index (χ1) is 8.21. The second kappa shape index (κ2) is 5.74. The van der Waals surface area contributed by atoms with Crippen LogP contribution in [-0.4, -0.2) is 35.3 Å². The predicted octanol–water partition coefficient (Wildman–Crippen LogP) is 2.53. The van der Waals surface area contributed by atoms with Crippen molar-refractivity contribution in [3.05, 3.63) is 11.6 Å². The number of alkyl halides is 1. The largest absolute Gasteiger partial charge is 0.324 e. The molecule has 1 N–H and O–H groups in total. The van der Waals surface area contributed by atoms with Gasteiger partial charge in [0.1, 0.15) is 5.38 Å². The summed E-state index contributed by atoms with van der Waals surface area (Å²) in [5, 5.41) is 1.59. The lowest BCUT2D eigenvalue weighted by Crippen LogP contribution is -2.46. The Morgan fingerprint density at radius 1 is 1.44 bits per heavy atom. The van der Waals surface area contributed by atoms with Crippen LogP contribution in [0.25, 0.3) is 0 Å². The zero-order valence-electron chi connectivity index (χ0n) is 11.4. The van der Waals surface area contributed by atoms with E-state index in [2.05, 4.69) is 32.2 Å². The predicted molar refractivity (Wildman–Crippen MR) is 72.6 cm³/mol. The molecule has 0 fully saturated rings. The molecule has 102 valence electrons. The van der Waals surface area contributed by atoms with E-state index in [4.69, 9.17) is 11.6 Å². The molecule has 0 aliphatic carbocycles. The molecule has 0 bridgehead atoms. The van der Waals surface area contributed by atoms with Crippen molar-refractivity contribution in [1.82, 2.24) is 10.2 Å². The van der Waals surface area contributed by atoms with Gasteiger partial charge in [-0.25, -0.2) is 4.79 Å². The highest BCUT2D eigenvalue weighted by atomic mass is 35.5. The highest BCUT2D eigenvalue weighted by Gasteiger charge is 2.24. The van der Waals surface area contributed by atoms with Gasteiger partial charge in [0, 0.05) is 13.1 Å². The molecule has 0 saturated heterocycles. The second-order valence-corrected chi connectivity index (χ2v) is 6.24. The van der Waals surface area contributed by atoms with Crippen LogP contribution in [0.5, 0.6) is 0 Å². The molecule has 0 saturated carbocycles. The van der Waals surface area contributed by atoms with Crippen molar-refractivity contribution in [3.8, 4) is 0 Å². The number of carbonyl (C=O) groups excluding carboxylic acids is 2. The van der Waals surface area contributed by atoms with Gasteiger partial charge in [-0.3, -0.25) is 10.1 Å². The Morgan fingerprint density at radius 2 is 2.06 bits per heavy atom. The highest BCUT2D eigenvalue weighted by Crippen LogP contribution is 2.29. The number of nitrogens with one attached hydrogen (secondary N) is 1. The number of halogens is 1. The average Bonchev–Trinajstić information content (AvgIpc) is 2.27. The summed E-state index contributed by atoms with van der Waals surface area (Å²) in [4.78, 5) is 24.7. The van der Waals surface area contributed by atoms with Crippen molar-refractivity contribution in [1.29, 1.82) is 0 Å². The maximum absolute atomic E-state index is 11.8. The number of hydrogen-bond acceptors (Lipinski definition) is 2. The van der Waals surface area contributed by atoms with Gasteiger partial charge in [-0.05, 0) is 18.8 Å². The van der Waals surface area contributed by atoms with Gasteiger partial charge in [0.05, 0.1) is 0 Å². The number of nitrogens with zero attached hydrogens (tertiary/aromatic N) is 1.